The van der Waals surface area contributed by atoms with Crippen molar-refractivity contribution in [2.24, 2.45) is 0 Å². The number of rotatable bonds is 3. The fraction of sp³-hybridized carbons (Fsp3) is 0.636. The van der Waals surface area contributed by atoms with Gasteiger partial charge in [0.15, 0.2) is 0 Å². The van der Waals surface area contributed by atoms with E-state index in [0.717, 1.165) is 30.7 Å². The molecule has 0 radical (unpaired) electrons. The van der Waals surface area contributed by atoms with E-state index in [1.54, 1.807) is 0 Å². The molecule has 0 bridgehead atoms. The summed E-state index contributed by atoms with van der Waals surface area (Å²) in [7, 11) is 0. The normalized spacial score (nSPS) is 18.5. The minimum atomic E-state index is -0.775. The Morgan fingerprint density at radius 2 is 2.20 bits per heavy atom. The molecule has 0 aliphatic heterocycles. The van der Waals surface area contributed by atoms with Crippen LogP contribution in [0.1, 0.15) is 43.0 Å². The summed E-state index contributed by atoms with van der Waals surface area (Å²) in [6.45, 7) is 3.74. The van der Waals surface area contributed by atoms with Crippen LogP contribution in [0.25, 0.3) is 0 Å². The van der Waals surface area contributed by atoms with E-state index in [0.29, 0.717) is 5.89 Å². The molecule has 1 aliphatic carbocycles. The third-order valence-corrected chi connectivity index (χ3v) is 3.28. The lowest BCUT2D eigenvalue weighted by Crippen LogP contribution is -2.36. The molecular formula is C11H15NO3. The maximum absolute atomic E-state index is 10.8. The van der Waals surface area contributed by atoms with Gasteiger partial charge in [-0.2, -0.15) is 0 Å². The average molecular weight is 209 g/mol. The Kier molecular flexibility index (Phi) is 2.29. The van der Waals surface area contributed by atoms with Crippen LogP contribution in [-0.4, -0.2) is 16.1 Å². The molecule has 1 aliphatic rings. The van der Waals surface area contributed by atoms with Crippen LogP contribution in [0, 0.1) is 13.8 Å². The van der Waals surface area contributed by atoms with E-state index in [4.69, 9.17) is 9.52 Å². The van der Waals surface area contributed by atoms with Gasteiger partial charge in [-0.1, -0.05) is 6.42 Å². The molecule has 1 aromatic rings. The zero-order chi connectivity index (χ0) is 11.1. The van der Waals surface area contributed by atoms with Crippen LogP contribution in [-0.2, 0) is 10.2 Å². The lowest BCUT2D eigenvalue weighted by atomic mass is 9.66. The number of carboxylic acid groups (broad SMARTS) is 1. The molecule has 0 unspecified atom stereocenters. The van der Waals surface area contributed by atoms with Crippen LogP contribution in [0.2, 0.25) is 0 Å². The molecule has 1 saturated carbocycles. The van der Waals surface area contributed by atoms with Gasteiger partial charge in [0.25, 0.3) is 0 Å². The van der Waals surface area contributed by atoms with Crippen molar-refractivity contribution in [3.05, 3.63) is 17.3 Å². The summed E-state index contributed by atoms with van der Waals surface area (Å²) < 4.78 is 5.55. The molecule has 1 fully saturated rings. The monoisotopic (exact) mass is 209 g/mol. The predicted molar refractivity (Wildman–Crippen MR) is 53.8 cm³/mol. The highest BCUT2D eigenvalue weighted by molar-refractivity contribution is 5.69. The summed E-state index contributed by atoms with van der Waals surface area (Å²) in [6.07, 6.45) is 2.94. The number of nitrogens with zero attached hydrogens (tertiary/aromatic N) is 1. The Morgan fingerprint density at radius 3 is 2.53 bits per heavy atom. The second-order valence-corrected chi connectivity index (χ2v) is 4.37. The third kappa shape index (κ3) is 1.64. The summed E-state index contributed by atoms with van der Waals surface area (Å²) >= 11 is 0. The highest BCUT2D eigenvalue weighted by Gasteiger charge is 2.44. The van der Waals surface area contributed by atoms with Crippen molar-refractivity contribution in [1.82, 2.24) is 4.98 Å². The Bertz CT molecular complexity index is 371. The van der Waals surface area contributed by atoms with Crippen LogP contribution in [0.3, 0.4) is 0 Å². The first-order valence-corrected chi connectivity index (χ1v) is 5.20. The number of aliphatic carboxylic acids is 1. The Morgan fingerprint density at radius 1 is 1.53 bits per heavy atom. The molecule has 0 spiro atoms. The lowest BCUT2D eigenvalue weighted by molar-refractivity contribution is -0.139. The minimum absolute atomic E-state index is 0.131. The van der Waals surface area contributed by atoms with E-state index in [1.165, 1.54) is 0 Å². The Balaban J connectivity index is 2.29. The number of oxazole rings is 1. The maximum atomic E-state index is 10.8. The van der Waals surface area contributed by atoms with E-state index >= 15 is 0 Å². The first kappa shape index (κ1) is 10.2. The van der Waals surface area contributed by atoms with Crippen LogP contribution in [0.15, 0.2) is 4.42 Å². The largest absolute Gasteiger partial charge is 0.481 e. The fourth-order valence-electron chi connectivity index (χ4n) is 2.06. The van der Waals surface area contributed by atoms with Gasteiger partial charge in [0.05, 0.1) is 17.5 Å². The minimum Gasteiger partial charge on any atom is -0.481 e. The lowest BCUT2D eigenvalue weighted by Gasteiger charge is -2.37. The summed E-state index contributed by atoms with van der Waals surface area (Å²) in [6, 6.07) is 0. The van der Waals surface area contributed by atoms with E-state index in [2.05, 4.69) is 4.98 Å². The standard InChI is InChI=1S/C11H15NO3/c1-7-8(2)15-10(12-7)11(4-3-5-11)6-9(13)14/h3-6H2,1-2H3,(H,13,14). The molecule has 4 heteroatoms. The average Bonchev–Trinajstić information content (AvgIpc) is 2.40. The first-order valence-electron chi connectivity index (χ1n) is 5.20. The van der Waals surface area contributed by atoms with E-state index in [9.17, 15) is 4.79 Å². The summed E-state index contributed by atoms with van der Waals surface area (Å²) in [5, 5.41) is 8.88. The first-order chi connectivity index (χ1) is 7.03. The molecule has 1 heterocycles. The molecule has 0 amide bonds. The van der Waals surface area contributed by atoms with Gasteiger partial charge in [0, 0.05) is 0 Å². The van der Waals surface area contributed by atoms with Crippen molar-refractivity contribution in [1.29, 1.82) is 0 Å². The smallest absolute Gasteiger partial charge is 0.304 e. The molecular weight excluding hydrogens is 194 g/mol. The van der Waals surface area contributed by atoms with Crippen LogP contribution in [0.4, 0.5) is 0 Å². The van der Waals surface area contributed by atoms with Crippen molar-refractivity contribution in [2.75, 3.05) is 0 Å². The second kappa shape index (κ2) is 3.36. The SMILES string of the molecule is Cc1nc(C2(CC(=O)O)CCC2)oc1C. The van der Waals surface area contributed by atoms with Gasteiger partial charge < -0.3 is 9.52 Å². The molecule has 2 rings (SSSR count). The quantitative estimate of drug-likeness (QED) is 0.828. The molecule has 0 saturated heterocycles. The summed E-state index contributed by atoms with van der Waals surface area (Å²) in [4.78, 5) is 15.1. The van der Waals surface area contributed by atoms with Gasteiger partial charge in [-0.05, 0) is 26.7 Å². The van der Waals surface area contributed by atoms with Crippen LogP contribution in [0.5, 0.6) is 0 Å². The Hall–Kier alpha value is -1.32. The molecule has 82 valence electrons. The van der Waals surface area contributed by atoms with Gasteiger partial charge in [-0.15, -0.1) is 0 Å². The molecule has 4 nitrogen and oxygen atoms in total. The second-order valence-electron chi connectivity index (χ2n) is 4.37. The zero-order valence-corrected chi connectivity index (χ0v) is 9.04. The zero-order valence-electron chi connectivity index (χ0n) is 9.04. The number of aryl methyl sites for hydroxylation is 2. The Labute approximate surface area is 88.3 Å². The highest BCUT2D eigenvalue weighted by Crippen LogP contribution is 2.46. The number of carbonyl (C=O) groups is 1. The molecule has 0 aromatic carbocycles. The molecule has 1 N–H and O–H groups in total. The van der Waals surface area contributed by atoms with Crippen molar-refractivity contribution in [3.8, 4) is 0 Å². The topological polar surface area (TPSA) is 63.3 Å². The summed E-state index contributed by atoms with van der Waals surface area (Å²) in [5.74, 6) is 0.635. The maximum Gasteiger partial charge on any atom is 0.304 e. The summed E-state index contributed by atoms with van der Waals surface area (Å²) in [5.41, 5.74) is 0.534. The number of hydrogen-bond donors (Lipinski definition) is 1. The van der Waals surface area contributed by atoms with Gasteiger partial charge in [0.1, 0.15) is 5.76 Å². The van der Waals surface area contributed by atoms with Crippen molar-refractivity contribution >= 4 is 5.97 Å². The van der Waals surface area contributed by atoms with Crippen LogP contribution < -0.4 is 0 Å². The van der Waals surface area contributed by atoms with Crippen LogP contribution >= 0.6 is 0 Å². The van der Waals surface area contributed by atoms with Crippen molar-refractivity contribution in [2.45, 2.75) is 44.9 Å². The number of carboxylic acids is 1. The number of aromatic nitrogens is 1. The molecule has 1 aromatic heterocycles. The fourth-order valence-corrected chi connectivity index (χ4v) is 2.06. The number of hydrogen-bond acceptors (Lipinski definition) is 3. The van der Waals surface area contributed by atoms with Gasteiger partial charge in [-0.25, -0.2) is 4.98 Å². The van der Waals surface area contributed by atoms with Crippen molar-refractivity contribution in [3.63, 3.8) is 0 Å². The van der Waals surface area contributed by atoms with E-state index in [1.807, 2.05) is 13.8 Å². The van der Waals surface area contributed by atoms with Gasteiger partial charge >= 0.3 is 5.97 Å². The highest BCUT2D eigenvalue weighted by atomic mass is 16.4. The van der Waals surface area contributed by atoms with Gasteiger partial charge in [0.2, 0.25) is 5.89 Å². The predicted octanol–water partition coefficient (Wildman–Crippen LogP) is 2.19. The molecule has 15 heavy (non-hydrogen) atoms. The van der Waals surface area contributed by atoms with Crippen molar-refractivity contribution < 1.29 is 14.3 Å². The van der Waals surface area contributed by atoms with E-state index in [-0.39, 0.29) is 11.8 Å². The third-order valence-electron chi connectivity index (χ3n) is 3.28. The van der Waals surface area contributed by atoms with Gasteiger partial charge in [-0.3, -0.25) is 4.79 Å². The van der Waals surface area contributed by atoms with E-state index < -0.39 is 5.97 Å². The molecule has 0 atom stereocenters.